The van der Waals surface area contributed by atoms with Crippen LogP contribution in [0.1, 0.15) is 37.6 Å². The highest BCUT2D eigenvalue weighted by Crippen LogP contribution is 2.48. The van der Waals surface area contributed by atoms with Crippen molar-refractivity contribution in [1.82, 2.24) is 5.32 Å². The second kappa shape index (κ2) is 6.59. The summed E-state index contributed by atoms with van der Waals surface area (Å²) in [6, 6.07) is 6.68. The van der Waals surface area contributed by atoms with E-state index in [1.165, 1.54) is 0 Å². The number of nitrogens with one attached hydrogen (secondary N) is 2. The lowest BCUT2D eigenvalue weighted by Gasteiger charge is -2.24. The number of hydrogen-bond donors (Lipinski definition) is 3. The average Bonchev–Trinajstić information content (AvgIpc) is 3.14. The maximum absolute atomic E-state index is 12.7. The Balaban J connectivity index is 1.74. The van der Waals surface area contributed by atoms with E-state index in [4.69, 9.17) is 0 Å². The van der Waals surface area contributed by atoms with Crippen molar-refractivity contribution in [3.05, 3.63) is 42.0 Å². The molecule has 0 spiro atoms. The van der Waals surface area contributed by atoms with E-state index in [1.54, 1.807) is 24.3 Å². The van der Waals surface area contributed by atoms with Gasteiger partial charge in [-0.1, -0.05) is 18.2 Å². The van der Waals surface area contributed by atoms with Crippen molar-refractivity contribution in [2.24, 2.45) is 23.7 Å². The number of amides is 2. The fourth-order valence-electron chi connectivity index (χ4n) is 3.89. The van der Waals surface area contributed by atoms with Gasteiger partial charge in [0.2, 0.25) is 5.91 Å². The zero-order chi connectivity index (χ0) is 19.1. The van der Waals surface area contributed by atoms with Crippen molar-refractivity contribution in [1.29, 1.82) is 0 Å². The number of carboxylic acid groups (broad SMARTS) is 1. The SMILES string of the molecule is CC(C)(C)NC(=O)c1cccc(NC(=O)[C@@H]2[C@@H](C(=O)O)[C@H]3C=C[C@H]2C3)c1. The fourth-order valence-corrected chi connectivity index (χ4v) is 3.89. The number of benzene rings is 1. The van der Waals surface area contributed by atoms with Gasteiger partial charge in [-0.15, -0.1) is 0 Å². The Morgan fingerprint density at radius 1 is 1.08 bits per heavy atom. The van der Waals surface area contributed by atoms with Crippen LogP contribution in [0.4, 0.5) is 5.69 Å². The van der Waals surface area contributed by atoms with Crippen LogP contribution in [0, 0.1) is 23.7 Å². The molecule has 3 rings (SSSR count). The number of carbonyl (C=O) groups excluding carboxylic acids is 2. The van der Waals surface area contributed by atoms with Crippen LogP contribution < -0.4 is 10.6 Å². The standard InChI is InChI=1S/C20H24N2O4/c1-20(2,3)22-17(23)13-5-4-6-14(10-13)21-18(24)15-11-7-8-12(9-11)16(15)19(25)26/h4-8,10-12,15-16H,9H2,1-3H3,(H,21,24)(H,22,23)(H,25,26)/t11-,12-,15-,16-/m0/s1. The molecule has 3 N–H and O–H groups in total. The van der Waals surface area contributed by atoms with Crippen LogP contribution in [0.2, 0.25) is 0 Å². The highest BCUT2D eigenvalue weighted by atomic mass is 16.4. The quantitative estimate of drug-likeness (QED) is 0.723. The first-order valence-electron chi connectivity index (χ1n) is 8.80. The van der Waals surface area contributed by atoms with E-state index in [-0.39, 0.29) is 29.2 Å². The molecular formula is C20H24N2O4. The smallest absolute Gasteiger partial charge is 0.307 e. The summed E-state index contributed by atoms with van der Waals surface area (Å²) in [6.45, 7) is 5.68. The number of aliphatic carboxylic acids is 1. The fraction of sp³-hybridized carbons (Fsp3) is 0.450. The largest absolute Gasteiger partial charge is 0.481 e. The van der Waals surface area contributed by atoms with Crippen LogP contribution in [0.15, 0.2) is 36.4 Å². The molecule has 138 valence electrons. The van der Waals surface area contributed by atoms with Gasteiger partial charge in [0.25, 0.3) is 5.91 Å². The monoisotopic (exact) mass is 356 g/mol. The van der Waals surface area contributed by atoms with Gasteiger partial charge in [0.1, 0.15) is 0 Å². The molecule has 1 aromatic rings. The van der Waals surface area contributed by atoms with Gasteiger partial charge in [-0.05, 0) is 57.2 Å². The molecule has 4 atom stereocenters. The van der Waals surface area contributed by atoms with Crippen LogP contribution in [-0.2, 0) is 9.59 Å². The third-order valence-corrected chi connectivity index (χ3v) is 4.93. The number of carbonyl (C=O) groups is 3. The molecule has 0 radical (unpaired) electrons. The van der Waals surface area contributed by atoms with Crippen molar-refractivity contribution in [2.75, 3.05) is 5.32 Å². The highest BCUT2D eigenvalue weighted by molar-refractivity contribution is 5.99. The van der Waals surface area contributed by atoms with Gasteiger partial charge in [-0.25, -0.2) is 0 Å². The van der Waals surface area contributed by atoms with Gasteiger partial charge in [0, 0.05) is 16.8 Å². The summed E-state index contributed by atoms with van der Waals surface area (Å²) in [7, 11) is 0. The first kappa shape index (κ1) is 18.2. The lowest BCUT2D eigenvalue weighted by Crippen LogP contribution is -2.40. The minimum Gasteiger partial charge on any atom is -0.481 e. The molecule has 6 heteroatoms. The maximum Gasteiger partial charge on any atom is 0.307 e. The van der Waals surface area contributed by atoms with Gasteiger partial charge in [0.05, 0.1) is 11.8 Å². The van der Waals surface area contributed by atoms with E-state index in [9.17, 15) is 19.5 Å². The number of anilines is 1. The van der Waals surface area contributed by atoms with E-state index < -0.39 is 17.8 Å². The third kappa shape index (κ3) is 3.64. The lowest BCUT2D eigenvalue weighted by molar-refractivity contribution is -0.146. The van der Waals surface area contributed by atoms with E-state index in [0.29, 0.717) is 17.7 Å². The molecule has 0 unspecified atom stereocenters. The maximum atomic E-state index is 12.7. The van der Waals surface area contributed by atoms with Gasteiger partial charge < -0.3 is 15.7 Å². The zero-order valence-electron chi connectivity index (χ0n) is 15.2. The number of allylic oxidation sites excluding steroid dienone is 2. The minimum absolute atomic E-state index is 0.0338. The molecule has 0 heterocycles. The van der Waals surface area contributed by atoms with E-state index in [1.807, 2.05) is 32.9 Å². The van der Waals surface area contributed by atoms with Crippen LogP contribution in [-0.4, -0.2) is 28.4 Å². The molecule has 0 saturated heterocycles. The lowest BCUT2D eigenvalue weighted by atomic mass is 9.82. The summed E-state index contributed by atoms with van der Waals surface area (Å²) in [5, 5.41) is 15.2. The zero-order valence-corrected chi connectivity index (χ0v) is 15.2. The predicted molar refractivity (Wildman–Crippen MR) is 97.6 cm³/mol. The summed E-state index contributed by atoms with van der Waals surface area (Å²) >= 11 is 0. The van der Waals surface area contributed by atoms with Crippen LogP contribution in [0.3, 0.4) is 0 Å². The molecule has 1 saturated carbocycles. The number of carboxylic acids is 1. The summed E-state index contributed by atoms with van der Waals surface area (Å²) < 4.78 is 0. The van der Waals surface area contributed by atoms with Crippen molar-refractivity contribution < 1.29 is 19.5 Å². The Hall–Kier alpha value is -2.63. The third-order valence-electron chi connectivity index (χ3n) is 4.93. The van der Waals surface area contributed by atoms with E-state index >= 15 is 0 Å². The molecule has 2 amide bonds. The molecule has 0 aliphatic heterocycles. The Morgan fingerprint density at radius 3 is 2.35 bits per heavy atom. The van der Waals surface area contributed by atoms with Crippen LogP contribution in [0.5, 0.6) is 0 Å². The highest BCUT2D eigenvalue weighted by Gasteiger charge is 2.51. The summed E-state index contributed by atoms with van der Waals surface area (Å²) in [5.41, 5.74) is 0.577. The first-order chi connectivity index (χ1) is 12.2. The van der Waals surface area contributed by atoms with Crippen molar-refractivity contribution in [3.63, 3.8) is 0 Å². The van der Waals surface area contributed by atoms with E-state index in [2.05, 4.69) is 10.6 Å². The predicted octanol–water partition coefficient (Wildman–Crippen LogP) is 2.68. The number of rotatable bonds is 4. The molecule has 6 nitrogen and oxygen atoms in total. The molecular weight excluding hydrogens is 332 g/mol. The topological polar surface area (TPSA) is 95.5 Å². The first-order valence-corrected chi connectivity index (χ1v) is 8.80. The summed E-state index contributed by atoms with van der Waals surface area (Å²) in [5.74, 6) is -2.82. The average molecular weight is 356 g/mol. The second-order valence-electron chi connectivity index (χ2n) is 8.11. The summed E-state index contributed by atoms with van der Waals surface area (Å²) in [4.78, 5) is 36.6. The molecule has 2 aliphatic carbocycles. The Labute approximate surface area is 152 Å². The molecule has 1 aromatic carbocycles. The Kier molecular flexibility index (Phi) is 4.61. The van der Waals surface area contributed by atoms with Crippen LogP contribution >= 0.6 is 0 Å². The van der Waals surface area contributed by atoms with Gasteiger partial charge in [0.15, 0.2) is 0 Å². The summed E-state index contributed by atoms with van der Waals surface area (Å²) in [6.07, 6.45) is 4.56. The van der Waals surface area contributed by atoms with Gasteiger partial charge in [-0.3, -0.25) is 14.4 Å². The normalized spacial score (nSPS) is 26.6. The number of hydrogen-bond acceptors (Lipinski definition) is 3. The molecule has 26 heavy (non-hydrogen) atoms. The number of fused-ring (bicyclic) bond motifs is 2. The van der Waals surface area contributed by atoms with Crippen molar-refractivity contribution >= 4 is 23.5 Å². The Morgan fingerprint density at radius 2 is 1.73 bits per heavy atom. The second-order valence-corrected chi connectivity index (χ2v) is 8.11. The van der Waals surface area contributed by atoms with E-state index in [0.717, 1.165) is 0 Å². The van der Waals surface area contributed by atoms with Gasteiger partial charge >= 0.3 is 5.97 Å². The molecule has 0 aromatic heterocycles. The van der Waals surface area contributed by atoms with Gasteiger partial charge in [-0.2, -0.15) is 0 Å². The minimum atomic E-state index is -0.930. The van der Waals surface area contributed by atoms with Crippen molar-refractivity contribution in [2.45, 2.75) is 32.7 Å². The molecule has 2 aliphatic rings. The van der Waals surface area contributed by atoms with Crippen LogP contribution in [0.25, 0.3) is 0 Å². The molecule has 1 fully saturated rings. The van der Waals surface area contributed by atoms with Crippen molar-refractivity contribution in [3.8, 4) is 0 Å². The Bertz CT molecular complexity index is 778. The molecule has 2 bridgehead atoms.